The van der Waals surface area contributed by atoms with Gasteiger partial charge in [0.1, 0.15) is 6.61 Å². The summed E-state index contributed by atoms with van der Waals surface area (Å²) in [6, 6.07) is 18.8. The minimum Gasteiger partial charge on any atom is -0.464 e. The van der Waals surface area contributed by atoms with E-state index in [1.54, 1.807) is 4.68 Å². The quantitative estimate of drug-likeness (QED) is 0.231. The summed E-state index contributed by atoms with van der Waals surface area (Å²) < 4.78 is 7.19. The van der Waals surface area contributed by atoms with E-state index >= 15 is 0 Å². The molecule has 0 saturated carbocycles. The van der Waals surface area contributed by atoms with Crippen LogP contribution in [-0.4, -0.2) is 27.6 Å². The fraction of sp³-hybridized carbons (Fsp3) is 0.333. The van der Waals surface area contributed by atoms with Crippen molar-refractivity contribution in [3.8, 4) is 22.5 Å². The van der Waals surface area contributed by atoms with Gasteiger partial charge in [-0.1, -0.05) is 37.5 Å². The molecule has 1 heterocycles. The van der Waals surface area contributed by atoms with E-state index in [2.05, 4.69) is 30.2 Å². The number of benzene rings is 2. The largest absolute Gasteiger partial charge is 0.464 e. The Morgan fingerprint density at radius 2 is 1.93 bits per heavy atom. The Balaban J connectivity index is 0.00000320. The Morgan fingerprint density at radius 1 is 1.13 bits per heavy atom. The third kappa shape index (κ3) is 6.51. The zero-order chi connectivity index (χ0) is 20.5. The van der Waals surface area contributed by atoms with Crippen LogP contribution in [0.2, 0.25) is 0 Å². The molecule has 0 spiro atoms. The predicted octanol–water partition coefficient (Wildman–Crippen LogP) is 5.11. The van der Waals surface area contributed by atoms with Crippen LogP contribution < -0.4 is 0 Å². The molecule has 155 valence electrons. The van der Waals surface area contributed by atoms with Crippen molar-refractivity contribution in [2.45, 2.75) is 45.6 Å². The van der Waals surface area contributed by atoms with E-state index in [0.29, 0.717) is 13.0 Å². The zero-order valence-electron chi connectivity index (χ0n) is 17.5. The molecule has 0 aliphatic heterocycles. The summed E-state index contributed by atoms with van der Waals surface area (Å²) in [6.45, 7) is 7.00. The van der Waals surface area contributed by atoms with Crippen LogP contribution in [-0.2, 0) is 48.8 Å². The number of ether oxygens (including phenoxy) is 1. The molecule has 1 aromatic heterocycles. The van der Waals surface area contributed by atoms with Gasteiger partial charge in [0.2, 0.25) is 0 Å². The van der Waals surface area contributed by atoms with Gasteiger partial charge in [0, 0.05) is 44.8 Å². The fourth-order valence-corrected chi connectivity index (χ4v) is 3.22. The smallest absolute Gasteiger partial charge is 0.305 e. The van der Waals surface area contributed by atoms with Crippen LogP contribution in [0.4, 0.5) is 0 Å². The fourth-order valence-electron chi connectivity index (χ4n) is 3.22. The van der Waals surface area contributed by atoms with Crippen molar-refractivity contribution in [1.82, 2.24) is 15.0 Å². The maximum absolute atomic E-state index is 11.9. The summed E-state index contributed by atoms with van der Waals surface area (Å²) in [6.07, 6.45) is 4.72. The van der Waals surface area contributed by atoms with Crippen LogP contribution >= 0.6 is 0 Å². The molecule has 30 heavy (non-hydrogen) atoms. The van der Waals surface area contributed by atoms with Gasteiger partial charge < -0.3 is 4.74 Å². The Hall–Kier alpha value is -1.98. The standard InChI is InChI=1S/C24H27N3O2.Y/c1-3-4-5-9-16-22(28)29-18-17-27-24(21-15-11-10-12-19(21)2)23(25-26-27)20-13-7-6-8-14-20;/h6-8,10-13,15H,2-5,9,16-18H2,1H3;/q-2;. The van der Waals surface area contributed by atoms with Crippen LogP contribution in [0.25, 0.3) is 22.5 Å². The number of carbonyl (C=O) groups excluding carboxylic acids is 1. The van der Waals surface area contributed by atoms with Gasteiger partial charge in [0.05, 0.1) is 6.54 Å². The number of rotatable bonds is 10. The topological polar surface area (TPSA) is 57.0 Å². The maximum atomic E-state index is 11.9. The second-order valence-corrected chi connectivity index (χ2v) is 6.97. The molecule has 0 aliphatic rings. The van der Waals surface area contributed by atoms with Crippen LogP contribution in [0.15, 0.2) is 48.5 Å². The monoisotopic (exact) mass is 478 g/mol. The molecule has 0 unspecified atom stereocenters. The zero-order valence-corrected chi connectivity index (χ0v) is 20.3. The molecule has 2 aromatic carbocycles. The SMILES string of the molecule is [CH2-]c1ccccc1-c1c(-c2[c-]cccc2)nnn1CCOC(=O)CCCCCC.[Y]. The molecule has 0 bridgehead atoms. The van der Waals surface area contributed by atoms with Gasteiger partial charge in [-0.2, -0.15) is 23.7 Å². The van der Waals surface area contributed by atoms with E-state index in [9.17, 15) is 4.79 Å². The molecule has 3 rings (SSSR count). The number of hydrogen-bond acceptors (Lipinski definition) is 4. The molecular formula is C24H27N3O2Y-2. The van der Waals surface area contributed by atoms with Gasteiger partial charge in [-0.3, -0.25) is 9.48 Å². The number of carbonyl (C=O) groups is 1. The van der Waals surface area contributed by atoms with E-state index in [1.165, 1.54) is 0 Å². The minimum atomic E-state index is -0.156. The molecule has 0 atom stereocenters. The first-order valence-electron chi connectivity index (χ1n) is 10.2. The van der Waals surface area contributed by atoms with E-state index in [-0.39, 0.29) is 45.3 Å². The van der Waals surface area contributed by atoms with Crippen LogP contribution in [0.3, 0.4) is 0 Å². The van der Waals surface area contributed by atoms with Gasteiger partial charge in [-0.15, -0.1) is 53.6 Å². The molecule has 0 amide bonds. The van der Waals surface area contributed by atoms with E-state index in [4.69, 9.17) is 4.74 Å². The summed E-state index contributed by atoms with van der Waals surface area (Å²) >= 11 is 0. The molecular weight excluding hydrogens is 451 g/mol. The van der Waals surface area contributed by atoms with E-state index in [1.807, 2.05) is 48.5 Å². The molecule has 0 aliphatic carbocycles. The van der Waals surface area contributed by atoms with Gasteiger partial charge in [-0.25, -0.2) is 0 Å². The number of unbranched alkanes of at least 4 members (excludes halogenated alkanes) is 3. The van der Waals surface area contributed by atoms with Gasteiger partial charge in [-0.05, 0) is 12.1 Å². The maximum Gasteiger partial charge on any atom is 0.305 e. The van der Waals surface area contributed by atoms with Crippen LogP contribution in [0, 0.1) is 13.0 Å². The third-order valence-electron chi connectivity index (χ3n) is 4.77. The second kappa shape index (κ2) is 12.7. The molecule has 0 N–H and O–H groups in total. The molecule has 0 saturated heterocycles. The van der Waals surface area contributed by atoms with Crippen molar-refractivity contribution >= 4 is 5.97 Å². The van der Waals surface area contributed by atoms with Crippen molar-refractivity contribution in [1.29, 1.82) is 0 Å². The van der Waals surface area contributed by atoms with Gasteiger partial charge in [0.15, 0.2) is 0 Å². The van der Waals surface area contributed by atoms with Gasteiger partial charge in [0.25, 0.3) is 0 Å². The summed E-state index contributed by atoms with van der Waals surface area (Å²) in [5, 5.41) is 8.71. The predicted molar refractivity (Wildman–Crippen MR) is 114 cm³/mol. The average molecular weight is 478 g/mol. The first-order chi connectivity index (χ1) is 14.2. The summed E-state index contributed by atoms with van der Waals surface area (Å²) in [4.78, 5) is 11.9. The molecule has 1 radical (unpaired) electrons. The second-order valence-electron chi connectivity index (χ2n) is 6.97. The first kappa shape index (κ1) is 24.3. The van der Waals surface area contributed by atoms with E-state index in [0.717, 1.165) is 53.8 Å². The van der Waals surface area contributed by atoms with Crippen molar-refractivity contribution in [2.75, 3.05) is 6.61 Å². The third-order valence-corrected chi connectivity index (χ3v) is 4.77. The Kier molecular flexibility index (Phi) is 10.3. The molecule has 5 nitrogen and oxygen atoms in total. The summed E-state index contributed by atoms with van der Waals surface area (Å²) in [7, 11) is 0. The molecule has 6 heteroatoms. The minimum absolute atomic E-state index is 0. The van der Waals surface area contributed by atoms with Gasteiger partial charge >= 0.3 is 5.97 Å². The van der Waals surface area contributed by atoms with Crippen molar-refractivity contribution < 1.29 is 42.2 Å². The summed E-state index contributed by atoms with van der Waals surface area (Å²) in [5.41, 5.74) is 4.31. The Morgan fingerprint density at radius 3 is 2.67 bits per heavy atom. The van der Waals surface area contributed by atoms with Crippen LogP contribution in [0.1, 0.15) is 44.6 Å². The average Bonchev–Trinajstić information content (AvgIpc) is 3.16. The molecule has 0 fully saturated rings. The Labute approximate surface area is 204 Å². The number of aromatic nitrogens is 3. The normalized spacial score (nSPS) is 10.4. The van der Waals surface area contributed by atoms with Crippen molar-refractivity contribution in [2.24, 2.45) is 0 Å². The first-order valence-corrected chi connectivity index (χ1v) is 10.2. The van der Waals surface area contributed by atoms with Crippen LogP contribution in [0.5, 0.6) is 0 Å². The number of nitrogens with zero attached hydrogens (tertiary/aromatic N) is 3. The molecule has 3 aromatic rings. The number of hydrogen-bond donors (Lipinski definition) is 0. The Bertz CT molecular complexity index is 925. The summed E-state index contributed by atoms with van der Waals surface area (Å²) in [5.74, 6) is -0.156. The number of esters is 1. The van der Waals surface area contributed by atoms with Crippen molar-refractivity contribution in [3.63, 3.8) is 0 Å². The van der Waals surface area contributed by atoms with E-state index < -0.39 is 0 Å². The van der Waals surface area contributed by atoms with Crippen molar-refractivity contribution in [3.05, 3.63) is 67.1 Å².